The number of aliphatic carboxylic acids is 1. The van der Waals surface area contributed by atoms with Gasteiger partial charge in [0.05, 0.1) is 24.4 Å². The zero-order valence-electron chi connectivity index (χ0n) is 15.4. The average Bonchev–Trinajstić information content (AvgIpc) is 2.94. The van der Waals surface area contributed by atoms with E-state index in [4.69, 9.17) is 5.11 Å². The van der Waals surface area contributed by atoms with Crippen LogP contribution in [0.1, 0.15) is 44.2 Å². The number of pyridine rings is 1. The van der Waals surface area contributed by atoms with E-state index < -0.39 is 16.0 Å². The Hall–Kier alpha value is -2.00. The summed E-state index contributed by atoms with van der Waals surface area (Å²) in [7, 11) is -3.46. The molecule has 8 nitrogen and oxygen atoms in total. The van der Waals surface area contributed by atoms with Crippen molar-refractivity contribution in [3.8, 4) is 0 Å². The molecule has 2 rings (SSSR count). The van der Waals surface area contributed by atoms with Crippen LogP contribution >= 0.6 is 0 Å². The van der Waals surface area contributed by atoms with Crippen LogP contribution in [0.5, 0.6) is 0 Å². The largest absolute Gasteiger partial charge is 0.481 e. The Morgan fingerprint density at radius 3 is 2.41 bits per heavy atom. The van der Waals surface area contributed by atoms with Gasteiger partial charge in [0.1, 0.15) is 0 Å². The normalized spacial score (nSPS) is 15.9. The van der Waals surface area contributed by atoms with Gasteiger partial charge in [-0.15, -0.1) is 0 Å². The molecule has 0 radical (unpaired) electrons. The van der Waals surface area contributed by atoms with Crippen LogP contribution in [0.3, 0.4) is 0 Å². The molecule has 0 atom stereocenters. The molecule has 1 N–H and O–H groups in total. The molecule has 0 bridgehead atoms. The second-order valence-corrected chi connectivity index (χ2v) is 8.75. The van der Waals surface area contributed by atoms with Gasteiger partial charge in [-0.25, -0.2) is 12.7 Å². The van der Waals surface area contributed by atoms with E-state index in [-0.39, 0.29) is 37.6 Å². The lowest BCUT2D eigenvalue weighted by molar-refractivity contribution is -0.141. The van der Waals surface area contributed by atoms with Gasteiger partial charge in [0.25, 0.3) is 0 Å². The maximum Gasteiger partial charge on any atom is 0.303 e. The fourth-order valence-corrected chi connectivity index (χ4v) is 4.55. The van der Waals surface area contributed by atoms with Gasteiger partial charge in [-0.05, 0) is 25.0 Å². The zero-order chi connectivity index (χ0) is 19.7. The highest BCUT2D eigenvalue weighted by Crippen LogP contribution is 2.14. The Kier molecular flexibility index (Phi) is 8.18. The zero-order valence-corrected chi connectivity index (χ0v) is 16.2. The molecule has 1 amide bonds. The Morgan fingerprint density at radius 2 is 1.81 bits per heavy atom. The molecular formula is C18H27N3O5S. The molecule has 0 aromatic carbocycles. The van der Waals surface area contributed by atoms with Gasteiger partial charge in [-0.3, -0.25) is 14.6 Å². The first kappa shape index (κ1) is 21.3. The quantitative estimate of drug-likeness (QED) is 0.676. The highest BCUT2D eigenvalue weighted by molar-refractivity contribution is 7.89. The number of aromatic nitrogens is 1. The Labute approximate surface area is 160 Å². The van der Waals surface area contributed by atoms with Crippen molar-refractivity contribution in [3.63, 3.8) is 0 Å². The average molecular weight is 397 g/mol. The van der Waals surface area contributed by atoms with Crippen molar-refractivity contribution >= 4 is 21.9 Å². The van der Waals surface area contributed by atoms with Crippen LogP contribution in [-0.4, -0.2) is 65.0 Å². The van der Waals surface area contributed by atoms with Crippen molar-refractivity contribution in [1.82, 2.24) is 14.2 Å². The Balaban J connectivity index is 2.03. The summed E-state index contributed by atoms with van der Waals surface area (Å²) in [4.78, 5) is 28.7. The number of amides is 1. The van der Waals surface area contributed by atoms with E-state index >= 15 is 0 Å². The summed E-state index contributed by atoms with van der Waals surface area (Å²) in [5, 5.41) is 8.80. The van der Waals surface area contributed by atoms with E-state index in [0.717, 1.165) is 25.7 Å². The van der Waals surface area contributed by atoms with E-state index in [9.17, 15) is 18.0 Å². The highest BCUT2D eigenvalue weighted by Gasteiger charge is 2.25. The van der Waals surface area contributed by atoms with Gasteiger partial charge >= 0.3 is 5.97 Å². The molecule has 1 aromatic rings. The van der Waals surface area contributed by atoms with E-state index in [1.807, 2.05) is 0 Å². The summed E-state index contributed by atoms with van der Waals surface area (Å²) in [6.07, 6.45) is 4.94. The first-order valence-corrected chi connectivity index (χ1v) is 10.9. The van der Waals surface area contributed by atoms with Crippen molar-refractivity contribution in [1.29, 1.82) is 0 Å². The summed E-state index contributed by atoms with van der Waals surface area (Å²) in [5.74, 6) is -1.61. The minimum Gasteiger partial charge on any atom is -0.481 e. The van der Waals surface area contributed by atoms with Crippen LogP contribution in [0, 0.1) is 0 Å². The molecule has 0 saturated carbocycles. The SMILES string of the molecule is O=C(O)CCC(=O)N(CCS(=O)(=O)N1CCCCCC1)Cc1ccccn1. The van der Waals surface area contributed by atoms with Gasteiger partial charge < -0.3 is 10.0 Å². The van der Waals surface area contributed by atoms with Gasteiger partial charge in [-0.2, -0.15) is 0 Å². The third-order valence-electron chi connectivity index (χ3n) is 4.56. The number of rotatable bonds is 9. The van der Waals surface area contributed by atoms with Gasteiger partial charge in [0.15, 0.2) is 0 Å². The Bertz CT molecular complexity index is 716. The van der Waals surface area contributed by atoms with Crippen molar-refractivity contribution in [2.75, 3.05) is 25.4 Å². The van der Waals surface area contributed by atoms with E-state index in [1.54, 1.807) is 24.4 Å². The minimum absolute atomic E-state index is 0.0217. The second-order valence-electron chi connectivity index (χ2n) is 6.66. The summed E-state index contributed by atoms with van der Waals surface area (Å²) in [5.41, 5.74) is 0.633. The molecule has 150 valence electrons. The summed E-state index contributed by atoms with van der Waals surface area (Å²) < 4.78 is 26.8. The molecule has 0 aliphatic carbocycles. The fraction of sp³-hybridized carbons (Fsp3) is 0.611. The minimum atomic E-state index is -3.46. The first-order valence-electron chi connectivity index (χ1n) is 9.26. The van der Waals surface area contributed by atoms with Crippen LogP contribution in [0.4, 0.5) is 0 Å². The van der Waals surface area contributed by atoms with E-state index in [1.165, 1.54) is 9.21 Å². The van der Waals surface area contributed by atoms with Crippen molar-refractivity contribution in [2.45, 2.75) is 45.1 Å². The summed E-state index contributed by atoms with van der Waals surface area (Å²) >= 11 is 0. The molecule has 9 heteroatoms. The molecule has 1 aliphatic rings. The van der Waals surface area contributed by atoms with Crippen molar-refractivity contribution in [2.24, 2.45) is 0 Å². The van der Waals surface area contributed by atoms with E-state index in [0.29, 0.717) is 18.8 Å². The number of carbonyl (C=O) groups excluding carboxylic acids is 1. The summed E-state index contributed by atoms with van der Waals surface area (Å²) in [6.45, 7) is 1.23. The number of hydrogen-bond donors (Lipinski definition) is 1. The predicted octanol–water partition coefficient (Wildman–Crippen LogP) is 1.48. The number of sulfonamides is 1. The standard InChI is InChI=1S/C18H27N3O5S/c22-17(8-9-18(23)24)20(15-16-7-3-4-10-19-16)13-14-27(25,26)21-11-5-1-2-6-12-21/h3-4,7,10H,1-2,5-6,8-9,11-15H2,(H,23,24). The lowest BCUT2D eigenvalue weighted by Crippen LogP contribution is -2.40. The van der Waals surface area contributed by atoms with Crippen LogP contribution in [0.15, 0.2) is 24.4 Å². The van der Waals surface area contributed by atoms with Crippen LogP contribution in [0.2, 0.25) is 0 Å². The monoisotopic (exact) mass is 397 g/mol. The van der Waals surface area contributed by atoms with Gasteiger partial charge in [-0.1, -0.05) is 18.9 Å². The smallest absolute Gasteiger partial charge is 0.303 e. The third kappa shape index (κ3) is 7.26. The Morgan fingerprint density at radius 1 is 1.11 bits per heavy atom. The topological polar surface area (TPSA) is 108 Å². The van der Waals surface area contributed by atoms with E-state index in [2.05, 4.69) is 4.98 Å². The summed E-state index contributed by atoms with van der Waals surface area (Å²) in [6, 6.07) is 5.29. The van der Waals surface area contributed by atoms with Crippen LogP contribution < -0.4 is 0 Å². The maximum atomic E-state index is 12.7. The van der Waals surface area contributed by atoms with Crippen molar-refractivity contribution < 1.29 is 23.1 Å². The van der Waals surface area contributed by atoms with Gasteiger partial charge in [0.2, 0.25) is 15.9 Å². The van der Waals surface area contributed by atoms with Gasteiger partial charge in [0, 0.05) is 32.3 Å². The number of nitrogens with zero attached hydrogens (tertiary/aromatic N) is 3. The van der Waals surface area contributed by atoms with Crippen LogP contribution in [-0.2, 0) is 26.2 Å². The fourth-order valence-electron chi connectivity index (χ4n) is 3.03. The highest BCUT2D eigenvalue weighted by atomic mass is 32.2. The second kappa shape index (κ2) is 10.4. The molecule has 27 heavy (non-hydrogen) atoms. The molecule has 0 unspecified atom stereocenters. The van der Waals surface area contributed by atoms with Crippen LogP contribution in [0.25, 0.3) is 0 Å². The van der Waals surface area contributed by atoms with Crippen molar-refractivity contribution in [3.05, 3.63) is 30.1 Å². The molecule has 2 heterocycles. The molecule has 1 saturated heterocycles. The predicted molar refractivity (Wildman–Crippen MR) is 100 cm³/mol. The first-order chi connectivity index (χ1) is 12.9. The number of carboxylic acids is 1. The molecule has 0 spiro atoms. The lowest BCUT2D eigenvalue weighted by atomic mass is 10.2. The molecule has 1 aromatic heterocycles. The number of carboxylic acid groups (broad SMARTS) is 1. The molecule has 1 fully saturated rings. The maximum absolute atomic E-state index is 12.7. The number of carbonyl (C=O) groups is 2. The lowest BCUT2D eigenvalue weighted by Gasteiger charge is -2.25. The number of hydrogen-bond acceptors (Lipinski definition) is 5. The third-order valence-corrected chi connectivity index (χ3v) is 6.41. The molecular weight excluding hydrogens is 370 g/mol. The molecule has 1 aliphatic heterocycles.